The van der Waals surface area contributed by atoms with Crippen molar-refractivity contribution in [1.82, 2.24) is 14.9 Å². The van der Waals surface area contributed by atoms with Crippen LogP contribution in [0.15, 0.2) is 30.3 Å². The molecule has 1 aliphatic heterocycles. The molecule has 0 spiro atoms. The highest BCUT2D eigenvalue weighted by atomic mass is 16.2. The zero-order valence-corrected chi connectivity index (χ0v) is 15.1. The van der Waals surface area contributed by atoms with Gasteiger partial charge in [-0.25, -0.2) is 9.97 Å². The molecule has 1 saturated heterocycles. The number of carbonyl (C=O) groups excluding carboxylic acids is 1. The Kier molecular flexibility index (Phi) is 4.99. The van der Waals surface area contributed by atoms with E-state index in [-0.39, 0.29) is 17.8 Å². The van der Waals surface area contributed by atoms with Crippen molar-refractivity contribution in [2.24, 2.45) is 5.73 Å². The first-order valence-electron chi connectivity index (χ1n) is 8.61. The van der Waals surface area contributed by atoms with Crippen molar-refractivity contribution in [2.45, 2.75) is 32.9 Å². The first-order valence-corrected chi connectivity index (χ1v) is 8.61. The Hall–Kier alpha value is -2.47. The monoisotopic (exact) mass is 339 g/mol. The van der Waals surface area contributed by atoms with Gasteiger partial charge in [0.2, 0.25) is 5.82 Å². The van der Waals surface area contributed by atoms with Crippen molar-refractivity contribution < 1.29 is 4.79 Å². The van der Waals surface area contributed by atoms with Gasteiger partial charge in [-0.05, 0) is 25.8 Å². The van der Waals surface area contributed by atoms with Gasteiger partial charge in [0.05, 0.1) is 0 Å². The highest BCUT2D eigenvalue weighted by Crippen LogP contribution is 2.23. The quantitative estimate of drug-likeness (QED) is 0.921. The molecule has 6 heteroatoms. The summed E-state index contributed by atoms with van der Waals surface area (Å²) in [5.74, 6) is 0.908. The van der Waals surface area contributed by atoms with Crippen LogP contribution in [0.1, 0.15) is 33.9 Å². The van der Waals surface area contributed by atoms with E-state index < -0.39 is 0 Å². The van der Waals surface area contributed by atoms with Crippen LogP contribution in [0.2, 0.25) is 0 Å². The summed E-state index contributed by atoms with van der Waals surface area (Å²) >= 11 is 0. The second-order valence-electron chi connectivity index (χ2n) is 6.72. The van der Waals surface area contributed by atoms with Crippen LogP contribution in [0.3, 0.4) is 0 Å². The van der Waals surface area contributed by atoms with Gasteiger partial charge < -0.3 is 15.5 Å². The molecular formula is C19H25N5O. The molecule has 1 fully saturated rings. The zero-order chi connectivity index (χ0) is 18.0. The second kappa shape index (κ2) is 7.19. The van der Waals surface area contributed by atoms with Crippen LogP contribution >= 0.6 is 0 Å². The number of benzene rings is 1. The van der Waals surface area contributed by atoms with E-state index >= 15 is 0 Å². The Balaban J connectivity index is 1.83. The molecule has 3 rings (SSSR count). The molecule has 1 aliphatic rings. The largest absolute Gasteiger partial charge is 0.355 e. The molecule has 6 nitrogen and oxygen atoms in total. The topological polar surface area (TPSA) is 75.4 Å². The molecule has 0 radical (unpaired) electrons. The predicted molar refractivity (Wildman–Crippen MR) is 98.6 cm³/mol. The third-order valence-corrected chi connectivity index (χ3v) is 4.69. The molecule has 0 unspecified atom stereocenters. The molecule has 2 N–H and O–H groups in total. The summed E-state index contributed by atoms with van der Waals surface area (Å²) < 4.78 is 0. The lowest BCUT2D eigenvalue weighted by molar-refractivity contribution is 0.0772. The minimum Gasteiger partial charge on any atom is -0.355 e. The molecule has 0 aliphatic carbocycles. The normalized spacial score (nSPS) is 17.0. The van der Waals surface area contributed by atoms with Gasteiger partial charge in [-0.3, -0.25) is 4.79 Å². The van der Waals surface area contributed by atoms with Crippen molar-refractivity contribution in [1.29, 1.82) is 0 Å². The molecule has 1 aromatic heterocycles. The standard InChI is InChI=1S/C19H25N5O/c1-13-14(2)21-17(22-18(13)24-10-9-16(20)12-24)19(25)23(3)11-15-7-5-4-6-8-15/h4-8,16H,9-12,20H2,1-3H3/t16-/m1/s1. The molecule has 0 bridgehead atoms. The summed E-state index contributed by atoms with van der Waals surface area (Å²) in [4.78, 5) is 25.6. The van der Waals surface area contributed by atoms with Crippen molar-refractivity contribution in [3.05, 3.63) is 53.0 Å². The van der Waals surface area contributed by atoms with Crippen molar-refractivity contribution in [3.8, 4) is 0 Å². The number of rotatable bonds is 4. The number of nitrogens with zero attached hydrogens (tertiary/aromatic N) is 4. The lowest BCUT2D eigenvalue weighted by Crippen LogP contribution is -2.31. The molecular weight excluding hydrogens is 314 g/mol. The fraction of sp³-hybridized carbons (Fsp3) is 0.421. The average Bonchev–Trinajstić information content (AvgIpc) is 3.03. The average molecular weight is 339 g/mol. The third-order valence-electron chi connectivity index (χ3n) is 4.69. The van der Waals surface area contributed by atoms with E-state index in [9.17, 15) is 4.79 Å². The van der Waals surface area contributed by atoms with Gasteiger partial charge >= 0.3 is 0 Å². The Morgan fingerprint density at radius 2 is 2.00 bits per heavy atom. The Morgan fingerprint density at radius 1 is 1.28 bits per heavy atom. The van der Waals surface area contributed by atoms with Crippen LogP contribution in [0.25, 0.3) is 0 Å². The Labute approximate surface area is 148 Å². The van der Waals surface area contributed by atoms with Crippen LogP contribution in [-0.2, 0) is 6.54 Å². The van der Waals surface area contributed by atoms with Crippen molar-refractivity contribution in [3.63, 3.8) is 0 Å². The lowest BCUT2D eigenvalue weighted by atomic mass is 10.2. The van der Waals surface area contributed by atoms with Crippen LogP contribution in [-0.4, -0.2) is 47.0 Å². The number of nitrogens with two attached hydrogens (primary N) is 1. The number of aryl methyl sites for hydroxylation is 1. The maximum Gasteiger partial charge on any atom is 0.291 e. The maximum atomic E-state index is 12.8. The van der Waals surface area contributed by atoms with Crippen LogP contribution in [0, 0.1) is 13.8 Å². The molecule has 2 heterocycles. The lowest BCUT2D eigenvalue weighted by Gasteiger charge is -2.22. The fourth-order valence-corrected chi connectivity index (χ4v) is 3.10. The van der Waals surface area contributed by atoms with Gasteiger partial charge in [-0.15, -0.1) is 0 Å². The van der Waals surface area contributed by atoms with Crippen LogP contribution in [0.5, 0.6) is 0 Å². The minimum absolute atomic E-state index is 0.162. The van der Waals surface area contributed by atoms with Gasteiger partial charge in [0.1, 0.15) is 5.82 Å². The summed E-state index contributed by atoms with van der Waals surface area (Å²) in [5.41, 5.74) is 8.94. The predicted octanol–water partition coefficient (Wildman–Crippen LogP) is 1.90. The summed E-state index contributed by atoms with van der Waals surface area (Å²) in [6, 6.07) is 10.1. The van der Waals surface area contributed by atoms with E-state index in [1.54, 1.807) is 11.9 Å². The summed E-state index contributed by atoms with van der Waals surface area (Å²) in [7, 11) is 1.78. The summed E-state index contributed by atoms with van der Waals surface area (Å²) in [5, 5.41) is 0. The van der Waals surface area contributed by atoms with Crippen LogP contribution < -0.4 is 10.6 Å². The first kappa shape index (κ1) is 17.4. The number of anilines is 1. The van der Waals surface area contributed by atoms with E-state index in [0.29, 0.717) is 6.54 Å². The number of amides is 1. The van der Waals surface area contributed by atoms with Gasteiger partial charge in [-0.2, -0.15) is 0 Å². The number of hydrogen-bond donors (Lipinski definition) is 1. The highest BCUT2D eigenvalue weighted by Gasteiger charge is 2.25. The van der Waals surface area contributed by atoms with Crippen LogP contribution in [0.4, 0.5) is 5.82 Å². The molecule has 1 amide bonds. The molecule has 1 atom stereocenters. The smallest absolute Gasteiger partial charge is 0.291 e. The number of aromatic nitrogens is 2. The Morgan fingerprint density at radius 3 is 2.64 bits per heavy atom. The summed E-state index contributed by atoms with van der Waals surface area (Å²) in [6.45, 7) is 6.08. The molecule has 0 saturated carbocycles. The van der Waals surface area contributed by atoms with Crippen molar-refractivity contribution in [2.75, 3.05) is 25.0 Å². The molecule has 2 aromatic rings. The van der Waals surface area contributed by atoms with Gasteiger partial charge in [0.15, 0.2) is 0 Å². The first-order chi connectivity index (χ1) is 12.0. The number of carbonyl (C=O) groups is 1. The van der Waals surface area contributed by atoms with E-state index in [0.717, 1.165) is 42.1 Å². The van der Waals surface area contributed by atoms with E-state index in [4.69, 9.17) is 5.73 Å². The van der Waals surface area contributed by atoms with Crippen molar-refractivity contribution >= 4 is 11.7 Å². The van der Waals surface area contributed by atoms with Gasteiger partial charge in [0.25, 0.3) is 5.91 Å². The fourth-order valence-electron chi connectivity index (χ4n) is 3.10. The Bertz CT molecular complexity index is 762. The van der Waals surface area contributed by atoms with Gasteiger partial charge in [-0.1, -0.05) is 30.3 Å². The van der Waals surface area contributed by atoms with E-state index in [1.807, 2.05) is 44.2 Å². The van der Waals surface area contributed by atoms with E-state index in [1.165, 1.54) is 0 Å². The molecule has 132 valence electrons. The van der Waals surface area contributed by atoms with Gasteiger partial charge in [0, 0.05) is 44.0 Å². The zero-order valence-electron chi connectivity index (χ0n) is 15.1. The highest BCUT2D eigenvalue weighted by molar-refractivity contribution is 5.90. The minimum atomic E-state index is -0.170. The molecule has 25 heavy (non-hydrogen) atoms. The number of hydrogen-bond acceptors (Lipinski definition) is 5. The van der Waals surface area contributed by atoms with E-state index in [2.05, 4.69) is 14.9 Å². The third kappa shape index (κ3) is 3.79. The molecule has 1 aromatic carbocycles. The second-order valence-corrected chi connectivity index (χ2v) is 6.72. The maximum absolute atomic E-state index is 12.8. The summed E-state index contributed by atoms with van der Waals surface area (Å²) in [6.07, 6.45) is 0.944. The SMILES string of the molecule is Cc1nc(C(=O)N(C)Cc2ccccc2)nc(N2CC[C@@H](N)C2)c1C.